The molecule has 0 N–H and O–H groups in total. The molecule has 0 unspecified atom stereocenters. The predicted molar refractivity (Wildman–Crippen MR) is 9.87 cm³/mol. The summed E-state index contributed by atoms with van der Waals surface area (Å²) in [5.74, 6) is 0. The molecule has 6 nitrogen and oxygen atoms in total. The molecule has 0 aromatic carbocycles. The van der Waals surface area contributed by atoms with Gasteiger partial charge in [-0.2, -0.15) is 0 Å². The molecule has 0 rings (SSSR count). The maximum atomic E-state index is 0. The van der Waals surface area contributed by atoms with Gasteiger partial charge in [0.25, 0.3) is 0 Å². The van der Waals surface area contributed by atoms with E-state index >= 15 is 0 Å². The molecule has 0 bridgehead atoms. The van der Waals surface area contributed by atoms with Crippen molar-refractivity contribution in [3.05, 3.63) is 0 Å². The molecule has 0 aliphatic carbocycles. The normalized spacial score (nSPS) is 0. The Morgan fingerprint density at radius 1 is 0.500 bits per heavy atom. The fourth-order valence-corrected chi connectivity index (χ4v) is 0. The summed E-state index contributed by atoms with van der Waals surface area (Å²) in [6, 6.07) is 0. The van der Waals surface area contributed by atoms with Crippen molar-refractivity contribution in [1.29, 1.82) is 0 Å². The van der Waals surface area contributed by atoms with Gasteiger partial charge in [-0.05, 0) is 0 Å². The van der Waals surface area contributed by atoms with Crippen LogP contribution in [0.15, 0.2) is 0 Å². The molecule has 0 aromatic rings. The fraction of sp³-hybridized carbons (Fsp3) is 0. The van der Waals surface area contributed by atoms with Crippen LogP contribution in [-0.2, 0) is 91.8 Å². The van der Waals surface area contributed by atoms with E-state index in [9.17, 15) is 0 Å². The summed E-state index contributed by atoms with van der Waals surface area (Å²) in [7, 11) is 0. The van der Waals surface area contributed by atoms with E-state index in [1.807, 2.05) is 0 Å². The summed E-state index contributed by atoms with van der Waals surface area (Å²) < 4.78 is 0. The molecule has 1 radical (unpaired) electrons. The van der Waals surface area contributed by atoms with E-state index in [2.05, 4.69) is 0 Å². The Kier molecular flexibility index (Phi) is 1250. The SMILES string of the molecule is [Ba+2].[Ce+3].[O-2].[O-2].[O-2].[O-2].[O-2].[O-2].[Y+3].[Zr+4]. The van der Waals surface area contributed by atoms with Crippen LogP contribution in [0.1, 0.15) is 0 Å². The van der Waals surface area contributed by atoms with Crippen LogP contribution in [0.2, 0.25) is 0 Å². The molecule has 0 heterocycles. The largest absolute Gasteiger partial charge is 4.00 e. The second-order valence-electron chi connectivity index (χ2n) is 0. The molecule has 10 heavy (non-hydrogen) atoms. The van der Waals surface area contributed by atoms with Crippen molar-refractivity contribution in [2.45, 2.75) is 0 Å². The summed E-state index contributed by atoms with van der Waals surface area (Å²) in [4.78, 5) is 0. The first-order valence-corrected chi connectivity index (χ1v) is 0. The maximum absolute atomic E-state index is 0. The molecule has 0 aliphatic rings. The second kappa shape index (κ2) is 100. The van der Waals surface area contributed by atoms with E-state index in [-0.39, 0.29) is 182 Å². The van der Waals surface area contributed by atoms with Gasteiger partial charge in [-0.25, -0.2) is 0 Å². The Balaban J connectivity index is 0. The van der Waals surface area contributed by atoms with Gasteiger partial charge in [0.1, 0.15) is 0 Å². The standard InChI is InChI=1S/Ba.Ce.6O.Y.Zr/q+2;+3;6*-2;+3;+4. The van der Waals surface area contributed by atoms with Gasteiger partial charge in [0.2, 0.25) is 0 Å². The monoisotopic (exact) mass is 553 g/mol. The Hall–Kier alpha value is 4.70. The summed E-state index contributed by atoms with van der Waals surface area (Å²) in [5, 5.41) is 0. The second-order valence-corrected chi connectivity index (χ2v) is 0. The van der Waals surface area contributed by atoms with E-state index in [1.54, 1.807) is 0 Å². The van der Waals surface area contributed by atoms with Crippen LogP contribution in [0.25, 0.3) is 0 Å². The Bertz CT molecular complexity index is 17.7. The van der Waals surface area contributed by atoms with Crippen molar-refractivity contribution in [3.8, 4) is 0 Å². The fourth-order valence-electron chi connectivity index (χ4n) is 0. The first-order valence-electron chi connectivity index (χ1n) is 0. The van der Waals surface area contributed by atoms with Crippen molar-refractivity contribution in [2.75, 3.05) is 0 Å². The quantitative estimate of drug-likeness (QED) is 0.332. The van der Waals surface area contributed by atoms with Gasteiger partial charge < -0.3 is 32.9 Å². The zero-order chi connectivity index (χ0) is 0. The first kappa shape index (κ1) is 125. The molecule has 0 saturated carbocycles. The van der Waals surface area contributed by atoms with Crippen molar-refractivity contribution >= 4 is 48.9 Å². The third kappa shape index (κ3) is 78.8. The van der Waals surface area contributed by atoms with Gasteiger partial charge in [-0.1, -0.05) is 0 Å². The Labute approximate surface area is 177 Å². The molecule has 49 valence electrons. The van der Waals surface area contributed by atoms with Gasteiger partial charge in [-0.3, -0.25) is 0 Å². The van der Waals surface area contributed by atoms with Crippen molar-refractivity contribution in [1.82, 2.24) is 0 Å². The molecule has 0 spiro atoms. The van der Waals surface area contributed by atoms with E-state index in [0.717, 1.165) is 0 Å². The molecule has 0 atom stereocenters. The van der Waals surface area contributed by atoms with E-state index in [4.69, 9.17) is 0 Å². The van der Waals surface area contributed by atoms with Gasteiger partial charge in [0.15, 0.2) is 0 Å². The predicted octanol–water partition coefficient (Wildman–Crippen LogP) is -1.10. The van der Waals surface area contributed by atoms with Crippen LogP contribution >= 0.6 is 0 Å². The average Bonchev–Trinajstić information content (AvgIpc) is 0. The van der Waals surface area contributed by atoms with Crippen molar-refractivity contribution in [3.63, 3.8) is 0 Å². The van der Waals surface area contributed by atoms with E-state index in [1.165, 1.54) is 0 Å². The number of hydrogen-bond donors (Lipinski definition) is 0. The maximum Gasteiger partial charge on any atom is 4.00 e. The van der Waals surface area contributed by atoms with Crippen LogP contribution in [0, 0.1) is 41.7 Å². The number of rotatable bonds is 0. The van der Waals surface area contributed by atoms with Gasteiger partial charge in [0.05, 0.1) is 0 Å². The van der Waals surface area contributed by atoms with Crippen molar-refractivity contribution < 1.29 is 134 Å². The molecule has 0 aliphatic heterocycles. The Morgan fingerprint density at radius 3 is 0.500 bits per heavy atom. The average molecular weight is 554 g/mol. The molecule has 10 heteroatoms. The van der Waals surface area contributed by atoms with Crippen LogP contribution in [0.3, 0.4) is 0 Å². The molecular formula is BaCeO6YZr. The molecular weight excluding hydrogens is 554 g/mol. The molecule has 0 aromatic heterocycles. The smallest absolute Gasteiger partial charge is 2.00 e. The number of hydrogen-bond acceptors (Lipinski definition) is 0. The Morgan fingerprint density at radius 2 is 0.500 bits per heavy atom. The van der Waals surface area contributed by atoms with E-state index < -0.39 is 0 Å². The van der Waals surface area contributed by atoms with Gasteiger partial charge in [-0.15, -0.1) is 0 Å². The van der Waals surface area contributed by atoms with Crippen LogP contribution in [0.4, 0.5) is 0 Å². The summed E-state index contributed by atoms with van der Waals surface area (Å²) >= 11 is 0. The van der Waals surface area contributed by atoms with Gasteiger partial charge >= 0.3 is 150 Å². The summed E-state index contributed by atoms with van der Waals surface area (Å²) in [5.41, 5.74) is 0. The van der Waals surface area contributed by atoms with Gasteiger partial charge in [0, 0.05) is 0 Å². The molecule has 0 saturated heterocycles. The van der Waals surface area contributed by atoms with Crippen LogP contribution < -0.4 is 0 Å². The first-order chi connectivity index (χ1) is 0. The zero-order valence-corrected chi connectivity index (χ0v) is 17.6. The van der Waals surface area contributed by atoms with Crippen molar-refractivity contribution in [2.24, 2.45) is 0 Å². The topological polar surface area (TPSA) is 171 Å². The minimum atomic E-state index is 0. The summed E-state index contributed by atoms with van der Waals surface area (Å²) in [6.45, 7) is 0. The van der Waals surface area contributed by atoms with Crippen LogP contribution in [-0.4, -0.2) is 48.9 Å². The molecule has 0 fully saturated rings. The minimum absolute atomic E-state index is 0. The summed E-state index contributed by atoms with van der Waals surface area (Å²) in [6.07, 6.45) is 0. The third-order valence-electron chi connectivity index (χ3n) is 0. The minimum Gasteiger partial charge on any atom is -2.00 e. The zero-order valence-electron chi connectivity index (χ0n) is 4.73. The molecule has 0 amide bonds. The van der Waals surface area contributed by atoms with E-state index in [0.29, 0.717) is 0 Å². The third-order valence-corrected chi connectivity index (χ3v) is 0. The van der Waals surface area contributed by atoms with Crippen LogP contribution in [0.5, 0.6) is 0 Å².